The van der Waals surface area contributed by atoms with Gasteiger partial charge in [0.2, 0.25) is 0 Å². The Morgan fingerprint density at radius 3 is 2.04 bits per heavy atom. The summed E-state index contributed by atoms with van der Waals surface area (Å²) in [6.45, 7) is 2.87. The molecule has 0 aliphatic heterocycles. The van der Waals surface area contributed by atoms with E-state index in [9.17, 15) is 9.59 Å². The van der Waals surface area contributed by atoms with Crippen LogP contribution in [0.1, 0.15) is 58.0 Å². The van der Waals surface area contributed by atoms with Gasteiger partial charge in [-0.3, -0.25) is 9.59 Å². The molecule has 0 spiro atoms. The van der Waals surface area contributed by atoms with Crippen LogP contribution in [0.3, 0.4) is 0 Å². The van der Waals surface area contributed by atoms with Gasteiger partial charge in [-0.1, -0.05) is 74.4 Å². The summed E-state index contributed by atoms with van der Waals surface area (Å²) in [6, 6.07) is 20.2. The Morgan fingerprint density at radius 2 is 1.32 bits per heavy atom. The second-order valence-corrected chi connectivity index (χ2v) is 7.01. The molecule has 28 heavy (non-hydrogen) atoms. The van der Waals surface area contributed by atoms with Gasteiger partial charge in [-0.2, -0.15) is 0 Å². The molecule has 1 aliphatic rings. The van der Waals surface area contributed by atoms with E-state index in [1.165, 1.54) is 0 Å². The molecule has 3 aromatic rings. The number of hydrogen-bond acceptors (Lipinski definition) is 3. The first-order valence-electron chi connectivity index (χ1n) is 9.75. The Hall–Kier alpha value is -3.20. The minimum absolute atomic E-state index is 0.0945. The molecule has 3 aromatic carbocycles. The molecule has 0 aromatic heterocycles. The van der Waals surface area contributed by atoms with Gasteiger partial charge in [0.05, 0.1) is 6.61 Å². The van der Waals surface area contributed by atoms with Crippen LogP contribution in [-0.2, 0) is 0 Å². The van der Waals surface area contributed by atoms with Crippen molar-refractivity contribution in [3.05, 3.63) is 89.0 Å². The standard InChI is InChI=1S/C25H22O3/c1-2-3-6-16-28-18-14-12-17(13-15-18)19-10-7-11-22-23(19)25(27)21-9-5-4-8-20(21)24(22)26/h4-5,7-15H,2-3,6,16H2,1H3. The molecule has 0 radical (unpaired) electrons. The van der Waals surface area contributed by atoms with Gasteiger partial charge in [-0.15, -0.1) is 0 Å². The lowest BCUT2D eigenvalue weighted by Crippen LogP contribution is -2.21. The maximum absolute atomic E-state index is 13.1. The number of ether oxygens (including phenoxy) is 1. The molecule has 3 heteroatoms. The number of carbonyl (C=O) groups is 2. The maximum Gasteiger partial charge on any atom is 0.195 e. The average molecular weight is 370 g/mol. The fraction of sp³-hybridized carbons (Fsp3) is 0.200. The third-order valence-electron chi connectivity index (χ3n) is 5.13. The van der Waals surface area contributed by atoms with Crippen LogP contribution in [0, 0.1) is 0 Å². The Labute approximate surface area is 165 Å². The molecule has 0 saturated carbocycles. The van der Waals surface area contributed by atoms with E-state index < -0.39 is 0 Å². The van der Waals surface area contributed by atoms with E-state index in [1.807, 2.05) is 36.4 Å². The highest BCUT2D eigenvalue weighted by Gasteiger charge is 2.31. The predicted molar refractivity (Wildman–Crippen MR) is 110 cm³/mol. The molecule has 0 fully saturated rings. The van der Waals surface area contributed by atoms with Crippen molar-refractivity contribution >= 4 is 11.6 Å². The summed E-state index contributed by atoms with van der Waals surface area (Å²) in [7, 11) is 0. The number of ketones is 2. The van der Waals surface area contributed by atoms with E-state index in [2.05, 4.69) is 6.92 Å². The zero-order valence-electron chi connectivity index (χ0n) is 15.9. The number of fused-ring (bicyclic) bond motifs is 2. The maximum atomic E-state index is 13.1. The summed E-state index contributed by atoms with van der Waals surface area (Å²) in [4.78, 5) is 26.0. The van der Waals surface area contributed by atoms with E-state index in [1.54, 1.807) is 30.3 Å². The summed E-state index contributed by atoms with van der Waals surface area (Å²) >= 11 is 0. The third-order valence-corrected chi connectivity index (χ3v) is 5.13. The smallest absolute Gasteiger partial charge is 0.195 e. The van der Waals surface area contributed by atoms with E-state index >= 15 is 0 Å². The molecular formula is C25H22O3. The van der Waals surface area contributed by atoms with Crippen LogP contribution in [-0.4, -0.2) is 18.2 Å². The van der Waals surface area contributed by atoms with Gasteiger partial charge in [0.25, 0.3) is 0 Å². The van der Waals surface area contributed by atoms with Crippen molar-refractivity contribution in [2.75, 3.05) is 6.61 Å². The molecule has 1 aliphatic carbocycles. The van der Waals surface area contributed by atoms with Gasteiger partial charge in [-0.05, 0) is 29.7 Å². The topological polar surface area (TPSA) is 43.4 Å². The predicted octanol–water partition coefficient (Wildman–Crippen LogP) is 5.70. The highest BCUT2D eigenvalue weighted by atomic mass is 16.5. The normalized spacial score (nSPS) is 12.5. The summed E-state index contributed by atoms with van der Waals surface area (Å²) in [5.41, 5.74) is 3.60. The Morgan fingerprint density at radius 1 is 0.679 bits per heavy atom. The molecule has 0 N–H and O–H groups in total. The zero-order valence-corrected chi connectivity index (χ0v) is 15.9. The third kappa shape index (κ3) is 3.24. The van der Waals surface area contributed by atoms with Gasteiger partial charge in [0.1, 0.15) is 5.75 Å². The monoisotopic (exact) mass is 370 g/mol. The van der Waals surface area contributed by atoms with Crippen molar-refractivity contribution < 1.29 is 14.3 Å². The zero-order chi connectivity index (χ0) is 19.5. The fourth-order valence-corrected chi connectivity index (χ4v) is 3.66. The minimum Gasteiger partial charge on any atom is -0.494 e. The van der Waals surface area contributed by atoms with E-state index in [0.717, 1.165) is 36.1 Å². The second kappa shape index (κ2) is 7.81. The molecule has 3 nitrogen and oxygen atoms in total. The SMILES string of the molecule is CCCCCOc1ccc(-c2cccc3c2C(=O)c2ccccc2C3=O)cc1. The van der Waals surface area contributed by atoms with Gasteiger partial charge in [0, 0.05) is 22.3 Å². The van der Waals surface area contributed by atoms with Crippen LogP contribution in [0.2, 0.25) is 0 Å². The number of rotatable bonds is 6. The first-order chi connectivity index (χ1) is 13.7. The second-order valence-electron chi connectivity index (χ2n) is 7.01. The number of unbranched alkanes of at least 4 members (excludes halogenated alkanes) is 2. The lowest BCUT2D eigenvalue weighted by Gasteiger charge is -2.20. The van der Waals surface area contributed by atoms with Crippen molar-refractivity contribution in [2.24, 2.45) is 0 Å². The molecule has 0 atom stereocenters. The largest absolute Gasteiger partial charge is 0.494 e. The lowest BCUT2D eigenvalue weighted by atomic mass is 9.80. The van der Waals surface area contributed by atoms with Crippen molar-refractivity contribution in [2.45, 2.75) is 26.2 Å². The van der Waals surface area contributed by atoms with E-state index in [0.29, 0.717) is 28.9 Å². The van der Waals surface area contributed by atoms with Crippen molar-refractivity contribution in [3.8, 4) is 16.9 Å². The van der Waals surface area contributed by atoms with Crippen LogP contribution in [0.25, 0.3) is 11.1 Å². The van der Waals surface area contributed by atoms with Gasteiger partial charge in [-0.25, -0.2) is 0 Å². The number of carbonyl (C=O) groups excluding carboxylic acids is 2. The average Bonchev–Trinajstić information content (AvgIpc) is 2.75. The molecule has 4 rings (SSSR count). The quantitative estimate of drug-likeness (QED) is 0.409. The van der Waals surface area contributed by atoms with Gasteiger partial charge >= 0.3 is 0 Å². The van der Waals surface area contributed by atoms with Gasteiger partial charge < -0.3 is 4.74 Å². The fourth-order valence-electron chi connectivity index (χ4n) is 3.66. The Balaban J connectivity index is 1.67. The van der Waals surface area contributed by atoms with Crippen LogP contribution < -0.4 is 4.74 Å². The van der Waals surface area contributed by atoms with Crippen molar-refractivity contribution in [1.82, 2.24) is 0 Å². The molecule has 0 bridgehead atoms. The van der Waals surface area contributed by atoms with E-state index in [4.69, 9.17) is 4.74 Å². The van der Waals surface area contributed by atoms with Crippen LogP contribution >= 0.6 is 0 Å². The molecule has 0 unspecified atom stereocenters. The molecule has 0 heterocycles. The Kier molecular flexibility index (Phi) is 5.07. The Bertz CT molecular complexity index is 1030. The summed E-state index contributed by atoms with van der Waals surface area (Å²) in [5.74, 6) is 0.626. The lowest BCUT2D eigenvalue weighted by molar-refractivity contribution is 0.0979. The van der Waals surface area contributed by atoms with E-state index in [-0.39, 0.29) is 11.6 Å². The van der Waals surface area contributed by atoms with Crippen molar-refractivity contribution in [1.29, 1.82) is 0 Å². The van der Waals surface area contributed by atoms with Gasteiger partial charge in [0.15, 0.2) is 11.6 Å². The highest BCUT2D eigenvalue weighted by molar-refractivity contribution is 6.30. The first-order valence-corrected chi connectivity index (χ1v) is 9.75. The molecular weight excluding hydrogens is 348 g/mol. The van der Waals surface area contributed by atoms with Crippen LogP contribution in [0.15, 0.2) is 66.7 Å². The first kappa shape index (κ1) is 18.2. The number of benzene rings is 3. The van der Waals surface area contributed by atoms with Crippen molar-refractivity contribution in [3.63, 3.8) is 0 Å². The minimum atomic E-state index is -0.0966. The summed E-state index contributed by atoms with van der Waals surface area (Å²) in [5, 5.41) is 0. The molecule has 0 amide bonds. The molecule has 0 saturated heterocycles. The molecule has 140 valence electrons. The number of hydrogen-bond donors (Lipinski definition) is 0. The summed E-state index contributed by atoms with van der Waals surface area (Å²) < 4.78 is 5.78. The highest BCUT2D eigenvalue weighted by Crippen LogP contribution is 2.34. The van der Waals surface area contributed by atoms with Crippen LogP contribution in [0.5, 0.6) is 5.75 Å². The van der Waals surface area contributed by atoms with Crippen LogP contribution in [0.4, 0.5) is 0 Å². The summed E-state index contributed by atoms with van der Waals surface area (Å²) in [6.07, 6.45) is 3.36.